The molecule has 0 fully saturated rings. The zero-order chi connectivity index (χ0) is 19.2. The number of amides is 1. The molecule has 0 bridgehead atoms. The third-order valence-corrected chi connectivity index (χ3v) is 4.13. The van der Waals surface area contributed by atoms with E-state index in [1.54, 1.807) is 18.2 Å². The normalized spacial score (nSPS) is 11.8. The Morgan fingerprint density at radius 1 is 1.00 bits per heavy atom. The van der Waals surface area contributed by atoms with E-state index in [1.165, 1.54) is 0 Å². The van der Waals surface area contributed by atoms with Crippen LogP contribution in [0.3, 0.4) is 0 Å². The Bertz CT molecular complexity index is 848. The Kier molecular flexibility index (Phi) is 5.80. The summed E-state index contributed by atoms with van der Waals surface area (Å²) in [5.74, 6) is 0.917. The average Bonchev–Trinajstić information content (AvgIpc) is 3.13. The number of benzene rings is 2. The number of aryl methyl sites for hydroxylation is 2. The van der Waals surface area contributed by atoms with Crippen LogP contribution < -0.4 is 19.5 Å². The van der Waals surface area contributed by atoms with Gasteiger partial charge in [0.1, 0.15) is 5.75 Å². The van der Waals surface area contributed by atoms with Crippen LogP contribution >= 0.6 is 0 Å². The summed E-state index contributed by atoms with van der Waals surface area (Å²) in [6.45, 7) is 3.84. The van der Waals surface area contributed by atoms with Crippen LogP contribution in [0.1, 0.15) is 16.7 Å². The summed E-state index contributed by atoms with van der Waals surface area (Å²) in [4.78, 5) is 23.5. The topological polar surface area (TPSA) is 83.1 Å². The molecule has 1 amide bonds. The number of ether oxygens (including phenoxy) is 4. The second-order valence-corrected chi connectivity index (χ2v) is 6.16. The average molecular weight is 371 g/mol. The smallest absolute Gasteiger partial charge is 0.344 e. The molecule has 1 heterocycles. The molecular weight excluding hydrogens is 350 g/mol. The third-order valence-electron chi connectivity index (χ3n) is 4.13. The minimum Gasteiger partial charge on any atom is -0.482 e. The number of carbonyl (C=O) groups excluding carboxylic acids is 2. The fourth-order valence-corrected chi connectivity index (χ4v) is 2.44. The van der Waals surface area contributed by atoms with Crippen molar-refractivity contribution in [1.82, 2.24) is 5.32 Å². The number of hydrogen-bond donors (Lipinski definition) is 1. The van der Waals surface area contributed by atoms with Gasteiger partial charge in [-0.05, 0) is 54.8 Å². The van der Waals surface area contributed by atoms with E-state index >= 15 is 0 Å². The molecular formula is C20H21NO6. The molecule has 0 unspecified atom stereocenters. The lowest BCUT2D eigenvalue weighted by Gasteiger charge is -2.09. The van der Waals surface area contributed by atoms with Gasteiger partial charge in [-0.15, -0.1) is 0 Å². The number of rotatable bonds is 7. The molecule has 0 radical (unpaired) electrons. The van der Waals surface area contributed by atoms with Gasteiger partial charge >= 0.3 is 5.97 Å². The van der Waals surface area contributed by atoms with Crippen molar-refractivity contribution in [2.24, 2.45) is 0 Å². The van der Waals surface area contributed by atoms with Gasteiger partial charge in [-0.2, -0.15) is 0 Å². The first-order chi connectivity index (χ1) is 13.0. The van der Waals surface area contributed by atoms with E-state index in [4.69, 9.17) is 18.9 Å². The molecule has 1 N–H and O–H groups in total. The lowest BCUT2D eigenvalue weighted by Crippen LogP contribution is -2.29. The summed E-state index contributed by atoms with van der Waals surface area (Å²) in [6, 6.07) is 11.0. The molecule has 7 heteroatoms. The van der Waals surface area contributed by atoms with Crippen molar-refractivity contribution in [1.29, 1.82) is 0 Å². The first-order valence-corrected chi connectivity index (χ1v) is 8.52. The van der Waals surface area contributed by atoms with Gasteiger partial charge in [0.05, 0.1) is 0 Å². The number of esters is 1. The quantitative estimate of drug-likeness (QED) is 0.752. The maximum atomic E-state index is 11.8. The maximum Gasteiger partial charge on any atom is 0.344 e. The van der Waals surface area contributed by atoms with Crippen LogP contribution in [0.4, 0.5) is 0 Å². The molecule has 0 saturated heterocycles. The summed E-state index contributed by atoms with van der Waals surface area (Å²) in [5.41, 5.74) is 3.07. The van der Waals surface area contributed by atoms with Gasteiger partial charge in [0.15, 0.2) is 24.7 Å². The first-order valence-electron chi connectivity index (χ1n) is 8.52. The fraction of sp³-hybridized carbons (Fsp3) is 0.300. The number of carbonyl (C=O) groups is 2. The molecule has 2 aromatic carbocycles. The van der Waals surface area contributed by atoms with Crippen molar-refractivity contribution in [3.05, 3.63) is 53.1 Å². The van der Waals surface area contributed by atoms with E-state index in [9.17, 15) is 9.59 Å². The van der Waals surface area contributed by atoms with Gasteiger partial charge in [0, 0.05) is 6.54 Å². The highest BCUT2D eigenvalue weighted by molar-refractivity contribution is 5.80. The van der Waals surface area contributed by atoms with E-state index in [0.717, 1.165) is 16.7 Å². The molecule has 142 valence electrons. The lowest BCUT2D eigenvalue weighted by atomic mass is 10.1. The van der Waals surface area contributed by atoms with E-state index in [1.807, 2.05) is 32.0 Å². The SMILES string of the molecule is Cc1ccc(OCC(=O)OCC(=O)NCc2ccc3c(c2)OCO3)cc1C. The number of nitrogens with one attached hydrogen (secondary N) is 1. The second kappa shape index (κ2) is 8.44. The summed E-state index contributed by atoms with van der Waals surface area (Å²) in [5, 5.41) is 2.68. The Hall–Kier alpha value is -3.22. The van der Waals surface area contributed by atoms with E-state index in [-0.39, 0.29) is 20.0 Å². The van der Waals surface area contributed by atoms with Gasteiger partial charge < -0.3 is 24.3 Å². The van der Waals surface area contributed by atoms with Crippen molar-refractivity contribution >= 4 is 11.9 Å². The molecule has 1 aliphatic rings. The Labute approximate surface area is 157 Å². The molecule has 27 heavy (non-hydrogen) atoms. The monoisotopic (exact) mass is 371 g/mol. The van der Waals surface area contributed by atoms with Crippen LogP contribution in [0, 0.1) is 13.8 Å². The molecule has 0 spiro atoms. The van der Waals surface area contributed by atoms with Crippen LogP contribution in [0.25, 0.3) is 0 Å². The molecule has 1 aliphatic heterocycles. The van der Waals surface area contributed by atoms with Gasteiger partial charge in [0.25, 0.3) is 5.91 Å². The minimum atomic E-state index is -0.605. The van der Waals surface area contributed by atoms with Gasteiger partial charge in [0.2, 0.25) is 6.79 Å². The maximum absolute atomic E-state index is 11.8. The predicted octanol–water partition coefficient (Wildman–Crippen LogP) is 2.27. The molecule has 0 atom stereocenters. The lowest BCUT2D eigenvalue weighted by molar-refractivity contribution is -0.150. The first kappa shape index (κ1) is 18.6. The van der Waals surface area contributed by atoms with Crippen molar-refractivity contribution < 1.29 is 28.5 Å². The van der Waals surface area contributed by atoms with Crippen LogP contribution in [-0.2, 0) is 20.9 Å². The van der Waals surface area contributed by atoms with E-state index in [0.29, 0.717) is 23.8 Å². The highest BCUT2D eigenvalue weighted by Gasteiger charge is 2.14. The van der Waals surface area contributed by atoms with Crippen molar-refractivity contribution in [3.63, 3.8) is 0 Å². The molecule has 3 rings (SSSR count). The van der Waals surface area contributed by atoms with E-state index < -0.39 is 11.9 Å². The largest absolute Gasteiger partial charge is 0.482 e. The van der Waals surface area contributed by atoms with Crippen LogP contribution in [0.15, 0.2) is 36.4 Å². The summed E-state index contributed by atoms with van der Waals surface area (Å²) in [7, 11) is 0. The number of hydrogen-bond acceptors (Lipinski definition) is 6. The van der Waals surface area contributed by atoms with Crippen LogP contribution in [0.5, 0.6) is 17.2 Å². The summed E-state index contributed by atoms with van der Waals surface area (Å²) < 4.78 is 20.8. The molecule has 0 aliphatic carbocycles. The minimum absolute atomic E-state index is 0.200. The highest BCUT2D eigenvalue weighted by Crippen LogP contribution is 2.32. The van der Waals surface area contributed by atoms with Gasteiger partial charge in [-0.25, -0.2) is 4.79 Å². The third kappa shape index (κ3) is 5.13. The standard InChI is InChI=1S/C20H21NO6/c1-13-3-5-16(7-14(13)2)24-11-20(23)25-10-19(22)21-9-15-4-6-17-18(8-15)27-12-26-17/h3-8H,9-12H2,1-2H3,(H,21,22). The van der Waals surface area contributed by atoms with Crippen molar-refractivity contribution in [2.75, 3.05) is 20.0 Å². The predicted molar refractivity (Wildman–Crippen MR) is 96.8 cm³/mol. The molecule has 0 aromatic heterocycles. The number of fused-ring (bicyclic) bond motifs is 1. The zero-order valence-electron chi connectivity index (χ0n) is 15.2. The van der Waals surface area contributed by atoms with Crippen LogP contribution in [-0.4, -0.2) is 31.9 Å². The summed E-state index contributed by atoms with van der Waals surface area (Å²) in [6.07, 6.45) is 0. The van der Waals surface area contributed by atoms with E-state index in [2.05, 4.69) is 5.32 Å². The molecule has 0 saturated carbocycles. The second-order valence-electron chi connectivity index (χ2n) is 6.16. The van der Waals surface area contributed by atoms with Crippen molar-refractivity contribution in [3.8, 4) is 17.2 Å². The fourth-order valence-electron chi connectivity index (χ4n) is 2.44. The van der Waals surface area contributed by atoms with Gasteiger partial charge in [-0.3, -0.25) is 4.79 Å². The Balaban J connectivity index is 1.37. The zero-order valence-corrected chi connectivity index (χ0v) is 15.2. The van der Waals surface area contributed by atoms with Crippen molar-refractivity contribution in [2.45, 2.75) is 20.4 Å². The van der Waals surface area contributed by atoms with Crippen LogP contribution in [0.2, 0.25) is 0 Å². The Morgan fingerprint density at radius 2 is 1.81 bits per heavy atom. The van der Waals surface area contributed by atoms with Gasteiger partial charge in [-0.1, -0.05) is 12.1 Å². The highest BCUT2D eigenvalue weighted by atomic mass is 16.7. The molecule has 7 nitrogen and oxygen atoms in total. The molecule has 2 aromatic rings. The summed E-state index contributed by atoms with van der Waals surface area (Å²) >= 11 is 0. The Morgan fingerprint density at radius 3 is 2.63 bits per heavy atom.